The molecule has 1 heterocycles. The van der Waals surface area contributed by atoms with Gasteiger partial charge in [0.15, 0.2) is 0 Å². The summed E-state index contributed by atoms with van der Waals surface area (Å²) in [5, 5.41) is 0. The molecule has 0 aliphatic carbocycles. The van der Waals surface area contributed by atoms with Gasteiger partial charge in [0.25, 0.3) is 0 Å². The summed E-state index contributed by atoms with van der Waals surface area (Å²) in [7, 11) is 0. The summed E-state index contributed by atoms with van der Waals surface area (Å²) in [5.74, 6) is -0.270. The van der Waals surface area contributed by atoms with E-state index in [0.29, 0.717) is 12.2 Å². The minimum Gasteiger partial charge on any atom is -0.459 e. The average molecular weight is 234 g/mol. The van der Waals surface area contributed by atoms with Crippen molar-refractivity contribution in [2.75, 3.05) is 6.61 Å². The van der Waals surface area contributed by atoms with E-state index in [0.717, 1.165) is 18.4 Å². The van der Waals surface area contributed by atoms with E-state index in [1.165, 1.54) is 0 Å². The molecule has 92 valence electrons. The lowest BCUT2D eigenvalue weighted by atomic mass is 10.1. The summed E-state index contributed by atoms with van der Waals surface area (Å²) in [6, 6.07) is 7.39. The second kappa shape index (κ2) is 5.32. The molecule has 1 fully saturated rings. The first kappa shape index (κ1) is 12.1. The van der Waals surface area contributed by atoms with Crippen LogP contribution in [0.5, 0.6) is 0 Å². The van der Waals surface area contributed by atoms with Crippen LogP contribution in [-0.2, 0) is 9.47 Å². The Labute approximate surface area is 102 Å². The number of carbonyl (C=O) groups is 1. The number of rotatable bonds is 3. The van der Waals surface area contributed by atoms with Crippen LogP contribution in [-0.4, -0.2) is 24.8 Å². The van der Waals surface area contributed by atoms with Gasteiger partial charge in [-0.05, 0) is 38.8 Å². The molecule has 3 heteroatoms. The monoisotopic (exact) mass is 234 g/mol. The molecule has 1 aromatic rings. The molecule has 0 bridgehead atoms. The predicted molar refractivity (Wildman–Crippen MR) is 65.0 cm³/mol. The summed E-state index contributed by atoms with van der Waals surface area (Å²) in [6.45, 7) is 4.39. The maximum Gasteiger partial charge on any atom is 0.338 e. The molecule has 17 heavy (non-hydrogen) atoms. The van der Waals surface area contributed by atoms with E-state index in [4.69, 9.17) is 9.47 Å². The second-order valence-corrected chi connectivity index (χ2v) is 4.61. The fraction of sp³-hybridized carbons (Fsp3) is 0.500. The molecule has 1 aliphatic heterocycles. The Kier molecular flexibility index (Phi) is 3.79. The Morgan fingerprint density at radius 2 is 2.06 bits per heavy atom. The number of aryl methyl sites for hydroxylation is 1. The number of hydrogen-bond acceptors (Lipinski definition) is 3. The van der Waals surface area contributed by atoms with Crippen LogP contribution in [0.2, 0.25) is 0 Å². The Hall–Kier alpha value is -1.35. The lowest BCUT2D eigenvalue weighted by molar-refractivity contribution is -0.00265. The first-order valence-electron chi connectivity index (χ1n) is 6.04. The maximum atomic E-state index is 11.7. The van der Waals surface area contributed by atoms with Crippen molar-refractivity contribution in [3.63, 3.8) is 0 Å². The molecule has 0 radical (unpaired) electrons. The van der Waals surface area contributed by atoms with Crippen LogP contribution < -0.4 is 0 Å². The van der Waals surface area contributed by atoms with E-state index in [-0.39, 0.29) is 18.2 Å². The molecule has 0 N–H and O–H groups in total. The van der Waals surface area contributed by atoms with Crippen molar-refractivity contribution in [3.05, 3.63) is 35.4 Å². The topological polar surface area (TPSA) is 35.5 Å². The largest absolute Gasteiger partial charge is 0.459 e. The minimum absolute atomic E-state index is 0.0689. The first-order chi connectivity index (χ1) is 8.15. The van der Waals surface area contributed by atoms with Gasteiger partial charge in [0.1, 0.15) is 6.61 Å². The van der Waals surface area contributed by atoms with Crippen LogP contribution in [0.25, 0.3) is 0 Å². The van der Waals surface area contributed by atoms with E-state index in [1.807, 2.05) is 26.0 Å². The third kappa shape index (κ3) is 3.30. The quantitative estimate of drug-likeness (QED) is 0.754. The molecule has 0 spiro atoms. The van der Waals surface area contributed by atoms with E-state index >= 15 is 0 Å². The number of esters is 1. The summed E-state index contributed by atoms with van der Waals surface area (Å²) in [5.41, 5.74) is 1.73. The summed E-state index contributed by atoms with van der Waals surface area (Å²) in [6.07, 6.45) is 2.38. The van der Waals surface area contributed by atoms with Gasteiger partial charge in [0.05, 0.1) is 17.8 Å². The Bertz CT molecular complexity index is 383. The molecule has 3 nitrogen and oxygen atoms in total. The molecule has 2 unspecified atom stereocenters. The van der Waals surface area contributed by atoms with E-state index in [1.54, 1.807) is 12.1 Å². The fourth-order valence-corrected chi connectivity index (χ4v) is 1.95. The van der Waals surface area contributed by atoms with Crippen LogP contribution >= 0.6 is 0 Å². The maximum absolute atomic E-state index is 11.7. The van der Waals surface area contributed by atoms with Crippen LogP contribution in [0, 0.1) is 6.92 Å². The van der Waals surface area contributed by atoms with Gasteiger partial charge in [0, 0.05) is 0 Å². The van der Waals surface area contributed by atoms with Crippen LogP contribution in [0.4, 0.5) is 0 Å². The number of benzene rings is 1. The molecular weight excluding hydrogens is 216 g/mol. The van der Waals surface area contributed by atoms with Gasteiger partial charge in [-0.3, -0.25) is 0 Å². The van der Waals surface area contributed by atoms with Crippen LogP contribution in [0.15, 0.2) is 24.3 Å². The molecule has 2 atom stereocenters. The average Bonchev–Trinajstić information content (AvgIpc) is 2.73. The third-order valence-corrected chi connectivity index (χ3v) is 3.01. The standard InChI is InChI=1S/C14H18O3/c1-10-3-6-12(7-4-10)14(15)16-9-13-8-5-11(2)17-13/h3-4,6-7,11,13H,5,8-9H2,1-2H3. The van der Waals surface area contributed by atoms with E-state index in [2.05, 4.69) is 0 Å². The lowest BCUT2D eigenvalue weighted by Crippen LogP contribution is -2.19. The number of hydrogen-bond donors (Lipinski definition) is 0. The molecule has 2 rings (SSSR count). The zero-order valence-corrected chi connectivity index (χ0v) is 10.3. The first-order valence-corrected chi connectivity index (χ1v) is 6.04. The Balaban J connectivity index is 1.83. The van der Waals surface area contributed by atoms with Crippen molar-refractivity contribution in [1.82, 2.24) is 0 Å². The van der Waals surface area contributed by atoms with Crippen molar-refractivity contribution in [2.24, 2.45) is 0 Å². The zero-order valence-electron chi connectivity index (χ0n) is 10.3. The fourth-order valence-electron chi connectivity index (χ4n) is 1.95. The molecule has 0 aromatic heterocycles. The van der Waals surface area contributed by atoms with Gasteiger partial charge in [-0.1, -0.05) is 17.7 Å². The highest BCUT2D eigenvalue weighted by Crippen LogP contribution is 2.19. The van der Waals surface area contributed by atoms with Gasteiger partial charge in [-0.2, -0.15) is 0 Å². The highest BCUT2D eigenvalue weighted by molar-refractivity contribution is 5.89. The van der Waals surface area contributed by atoms with E-state index < -0.39 is 0 Å². The van der Waals surface area contributed by atoms with Gasteiger partial charge in [0.2, 0.25) is 0 Å². The second-order valence-electron chi connectivity index (χ2n) is 4.61. The smallest absolute Gasteiger partial charge is 0.338 e. The molecule has 0 saturated carbocycles. The minimum atomic E-state index is -0.270. The Morgan fingerprint density at radius 1 is 1.35 bits per heavy atom. The lowest BCUT2D eigenvalue weighted by Gasteiger charge is -2.11. The molecule has 1 saturated heterocycles. The zero-order chi connectivity index (χ0) is 12.3. The highest BCUT2D eigenvalue weighted by atomic mass is 16.6. The van der Waals surface area contributed by atoms with Crippen molar-refractivity contribution in [1.29, 1.82) is 0 Å². The number of ether oxygens (including phenoxy) is 2. The molecular formula is C14H18O3. The molecule has 1 aromatic carbocycles. The van der Waals surface area contributed by atoms with Crippen molar-refractivity contribution in [2.45, 2.75) is 38.9 Å². The van der Waals surface area contributed by atoms with Gasteiger partial charge in [-0.15, -0.1) is 0 Å². The summed E-state index contributed by atoms with van der Waals surface area (Å²) in [4.78, 5) is 11.7. The number of carbonyl (C=O) groups excluding carboxylic acids is 1. The van der Waals surface area contributed by atoms with Crippen LogP contribution in [0.3, 0.4) is 0 Å². The van der Waals surface area contributed by atoms with Crippen LogP contribution in [0.1, 0.15) is 35.7 Å². The van der Waals surface area contributed by atoms with Crippen molar-refractivity contribution in [3.8, 4) is 0 Å². The normalized spacial score (nSPS) is 23.6. The van der Waals surface area contributed by atoms with Gasteiger partial charge < -0.3 is 9.47 Å². The highest BCUT2D eigenvalue weighted by Gasteiger charge is 2.23. The third-order valence-electron chi connectivity index (χ3n) is 3.01. The summed E-state index contributed by atoms with van der Waals surface area (Å²) >= 11 is 0. The van der Waals surface area contributed by atoms with Gasteiger partial charge >= 0.3 is 5.97 Å². The van der Waals surface area contributed by atoms with Crippen molar-refractivity contribution < 1.29 is 14.3 Å². The van der Waals surface area contributed by atoms with Crippen molar-refractivity contribution >= 4 is 5.97 Å². The molecule has 0 amide bonds. The predicted octanol–water partition coefficient (Wildman–Crippen LogP) is 2.72. The Morgan fingerprint density at radius 3 is 2.65 bits per heavy atom. The van der Waals surface area contributed by atoms with Gasteiger partial charge in [-0.25, -0.2) is 4.79 Å². The SMILES string of the molecule is Cc1ccc(C(=O)OCC2CCC(C)O2)cc1. The molecule has 1 aliphatic rings. The van der Waals surface area contributed by atoms with E-state index in [9.17, 15) is 4.79 Å². The summed E-state index contributed by atoms with van der Waals surface area (Å²) < 4.78 is 10.8.